The van der Waals surface area contributed by atoms with Crippen LogP contribution < -0.4 is 5.32 Å². The fraction of sp³-hybridized carbons (Fsp3) is 0.600. The van der Waals surface area contributed by atoms with Gasteiger partial charge in [0.15, 0.2) is 0 Å². The number of nitrogens with one attached hydrogen (secondary N) is 1. The fourth-order valence-corrected chi connectivity index (χ4v) is 2.91. The predicted molar refractivity (Wildman–Crippen MR) is 73.5 cm³/mol. The van der Waals surface area contributed by atoms with Crippen molar-refractivity contribution in [2.75, 3.05) is 20.1 Å². The van der Waals surface area contributed by atoms with E-state index < -0.39 is 0 Å². The molecule has 2 rings (SSSR count). The van der Waals surface area contributed by atoms with Gasteiger partial charge in [-0.1, -0.05) is 29.3 Å². The van der Waals surface area contributed by atoms with Gasteiger partial charge in [0.1, 0.15) is 0 Å². The quantitative estimate of drug-likeness (QED) is 0.840. The van der Waals surface area contributed by atoms with Gasteiger partial charge in [0.25, 0.3) is 0 Å². The van der Waals surface area contributed by atoms with Crippen LogP contribution >= 0.6 is 0 Å². The van der Waals surface area contributed by atoms with Crippen LogP contribution in [0.5, 0.6) is 0 Å². The summed E-state index contributed by atoms with van der Waals surface area (Å²) in [6.07, 6.45) is 1.15. The van der Waals surface area contributed by atoms with E-state index in [1.54, 1.807) is 0 Å². The lowest BCUT2D eigenvalue weighted by Crippen LogP contribution is -2.55. The summed E-state index contributed by atoms with van der Waals surface area (Å²) in [4.78, 5) is 2.48. The predicted octanol–water partition coefficient (Wildman–Crippen LogP) is 2.14. The van der Waals surface area contributed by atoms with Gasteiger partial charge in [-0.2, -0.15) is 0 Å². The van der Waals surface area contributed by atoms with Crippen molar-refractivity contribution in [3.63, 3.8) is 0 Å². The SMILES string of the molecule is Cc1cc(C)cc(CC2C(C)NCCN2C)c1. The Bertz CT molecular complexity index is 356. The second-order valence-electron chi connectivity index (χ2n) is 5.49. The Morgan fingerprint density at radius 3 is 2.47 bits per heavy atom. The Hall–Kier alpha value is -0.860. The molecule has 17 heavy (non-hydrogen) atoms. The number of piperazine rings is 1. The van der Waals surface area contributed by atoms with Crippen LogP contribution in [0.2, 0.25) is 0 Å². The largest absolute Gasteiger partial charge is 0.311 e. The Morgan fingerprint density at radius 1 is 1.24 bits per heavy atom. The molecular formula is C15H24N2. The van der Waals surface area contributed by atoms with E-state index in [9.17, 15) is 0 Å². The second kappa shape index (κ2) is 5.19. The maximum Gasteiger partial charge on any atom is 0.0284 e. The average Bonchev–Trinajstić information content (AvgIpc) is 2.22. The lowest BCUT2D eigenvalue weighted by molar-refractivity contribution is 0.157. The number of benzene rings is 1. The molecule has 0 radical (unpaired) electrons. The molecule has 1 N–H and O–H groups in total. The molecule has 1 fully saturated rings. The van der Waals surface area contributed by atoms with E-state index in [0.717, 1.165) is 19.5 Å². The van der Waals surface area contributed by atoms with Gasteiger partial charge in [0.2, 0.25) is 0 Å². The highest BCUT2D eigenvalue weighted by molar-refractivity contribution is 5.29. The zero-order chi connectivity index (χ0) is 12.4. The van der Waals surface area contributed by atoms with Crippen LogP contribution in [0.15, 0.2) is 18.2 Å². The number of rotatable bonds is 2. The van der Waals surface area contributed by atoms with Crippen LogP contribution in [0, 0.1) is 13.8 Å². The molecular weight excluding hydrogens is 208 g/mol. The van der Waals surface area contributed by atoms with Crippen LogP contribution in [0.3, 0.4) is 0 Å². The van der Waals surface area contributed by atoms with Crippen LogP contribution in [-0.4, -0.2) is 37.1 Å². The van der Waals surface area contributed by atoms with E-state index in [0.29, 0.717) is 12.1 Å². The Balaban J connectivity index is 2.13. The third-order valence-corrected chi connectivity index (χ3v) is 3.80. The standard InChI is InChI=1S/C15H24N2/c1-11-7-12(2)9-14(8-11)10-15-13(3)16-5-6-17(15)4/h7-9,13,15-16H,5-6,10H2,1-4H3. The summed E-state index contributed by atoms with van der Waals surface area (Å²) >= 11 is 0. The van der Waals surface area contributed by atoms with Crippen molar-refractivity contribution < 1.29 is 0 Å². The molecule has 0 amide bonds. The van der Waals surface area contributed by atoms with E-state index >= 15 is 0 Å². The van der Waals surface area contributed by atoms with E-state index in [1.807, 2.05) is 0 Å². The minimum atomic E-state index is 0.578. The molecule has 2 atom stereocenters. The summed E-state index contributed by atoms with van der Waals surface area (Å²) in [5.74, 6) is 0. The minimum absolute atomic E-state index is 0.578. The summed E-state index contributed by atoms with van der Waals surface area (Å²) in [5.41, 5.74) is 4.22. The lowest BCUT2D eigenvalue weighted by Gasteiger charge is -2.38. The Morgan fingerprint density at radius 2 is 1.88 bits per heavy atom. The molecule has 1 aromatic rings. The molecule has 0 aliphatic carbocycles. The Kier molecular flexibility index (Phi) is 3.85. The zero-order valence-electron chi connectivity index (χ0n) is 11.5. The molecule has 1 aliphatic rings. The first-order chi connectivity index (χ1) is 8.06. The molecule has 0 saturated carbocycles. The van der Waals surface area contributed by atoms with Crippen LogP contribution in [0.4, 0.5) is 0 Å². The van der Waals surface area contributed by atoms with E-state index in [4.69, 9.17) is 0 Å². The number of likely N-dealkylation sites (N-methyl/N-ethyl adjacent to an activating group) is 1. The zero-order valence-corrected chi connectivity index (χ0v) is 11.5. The van der Waals surface area contributed by atoms with Gasteiger partial charge in [-0.15, -0.1) is 0 Å². The van der Waals surface area contributed by atoms with Gasteiger partial charge in [0.05, 0.1) is 0 Å². The van der Waals surface area contributed by atoms with Crippen molar-refractivity contribution in [1.29, 1.82) is 0 Å². The van der Waals surface area contributed by atoms with Crippen LogP contribution in [0.25, 0.3) is 0 Å². The minimum Gasteiger partial charge on any atom is -0.311 e. The van der Waals surface area contributed by atoms with Crippen molar-refractivity contribution in [2.24, 2.45) is 0 Å². The smallest absolute Gasteiger partial charge is 0.0284 e. The highest BCUT2D eigenvalue weighted by atomic mass is 15.2. The monoisotopic (exact) mass is 232 g/mol. The molecule has 1 aliphatic heterocycles. The van der Waals surface area contributed by atoms with Gasteiger partial charge in [-0.05, 0) is 39.8 Å². The van der Waals surface area contributed by atoms with E-state index in [-0.39, 0.29) is 0 Å². The van der Waals surface area contributed by atoms with Gasteiger partial charge in [-0.3, -0.25) is 0 Å². The number of hydrogen-bond acceptors (Lipinski definition) is 2. The molecule has 2 unspecified atom stereocenters. The van der Waals surface area contributed by atoms with E-state index in [2.05, 4.69) is 56.2 Å². The summed E-state index contributed by atoms with van der Waals surface area (Å²) in [6.45, 7) is 8.93. The van der Waals surface area contributed by atoms with Crippen LogP contribution in [-0.2, 0) is 6.42 Å². The number of hydrogen-bond donors (Lipinski definition) is 1. The maximum atomic E-state index is 3.57. The second-order valence-corrected chi connectivity index (χ2v) is 5.49. The Labute approximate surface area is 105 Å². The number of aryl methyl sites for hydroxylation is 2. The highest BCUT2D eigenvalue weighted by Crippen LogP contribution is 2.16. The van der Waals surface area contributed by atoms with Crippen molar-refractivity contribution in [1.82, 2.24) is 10.2 Å². The molecule has 94 valence electrons. The first-order valence-corrected chi connectivity index (χ1v) is 6.57. The topological polar surface area (TPSA) is 15.3 Å². The molecule has 2 heteroatoms. The maximum absolute atomic E-state index is 3.57. The summed E-state index contributed by atoms with van der Waals surface area (Å²) < 4.78 is 0. The third kappa shape index (κ3) is 3.08. The van der Waals surface area contributed by atoms with E-state index in [1.165, 1.54) is 16.7 Å². The van der Waals surface area contributed by atoms with Gasteiger partial charge in [-0.25, -0.2) is 0 Å². The van der Waals surface area contributed by atoms with Crippen molar-refractivity contribution in [3.8, 4) is 0 Å². The first kappa shape index (κ1) is 12.6. The molecule has 0 aromatic heterocycles. The highest BCUT2D eigenvalue weighted by Gasteiger charge is 2.25. The molecule has 2 nitrogen and oxygen atoms in total. The van der Waals surface area contributed by atoms with Crippen molar-refractivity contribution in [2.45, 2.75) is 39.3 Å². The van der Waals surface area contributed by atoms with Crippen molar-refractivity contribution in [3.05, 3.63) is 34.9 Å². The lowest BCUT2D eigenvalue weighted by atomic mass is 9.95. The molecule has 1 heterocycles. The molecule has 0 bridgehead atoms. The first-order valence-electron chi connectivity index (χ1n) is 6.57. The normalized spacial score (nSPS) is 26.1. The third-order valence-electron chi connectivity index (χ3n) is 3.80. The molecule has 1 aromatic carbocycles. The molecule has 0 spiro atoms. The fourth-order valence-electron chi connectivity index (χ4n) is 2.91. The molecule has 1 saturated heterocycles. The van der Waals surface area contributed by atoms with Crippen LogP contribution in [0.1, 0.15) is 23.6 Å². The summed E-state index contributed by atoms with van der Waals surface area (Å²) in [6, 6.07) is 8.08. The average molecular weight is 232 g/mol. The van der Waals surface area contributed by atoms with Gasteiger partial charge >= 0.3 is 0 Å². The van der Waals surface area contributed by atoms with Gasteiger partial charge < -0.3 is 10.2 Å². The summed E-state index contributed by atoms with van der Waals surface area (Å²) in [5, 5.41) is 3.57. The number of nitrogens with zero attached hydrogens (tertiary/aromatic N) is 1. The van der Waals surface area contributed by atoms with Gasteiger partial charge in [0, 0.05) is 25.2 Å². The van der Waals surface area contributed by atoms with Crippen molar-refractivity contribution >= 4 is 0 Å². The summed E-state index contributed by atoms with van der Waals surface area (Å²) in [7, 11) is 2.24.